The van der Waals surface area contributed by atoms with E-state index in [1.807, 2.05) is 36.5 Å². The SMILES string of the molecule is N#CC1CCCC(/C=N/OCc2ccccc2)CC1. The molecule has 0 amide bonds. The van der Waals surface area contributed by atoms with E-state index in [-0.39, 0.29) is 5.92 Å². The molecule has 1 aromatic carbocycles. The van der Waals surface area contributed by atoms with E-state index in [1.165, 1.54) is 0 Å². The van der Waals surface area contributed by atoms with E-state index < -0.39 is 0 Å². The van der Waals surface area contributed by atoms with Gasteiger partial charge in [-0.1, -0.05) is 41.9 Å². The number of benzene rings is 1. The number of nitrogens with zero attached hydrogens (tertiary/aromatic N) is 2. The van der Waals surface area contributed by atoms with E-state index in [0.717, 1.165) is 37.7 Å². The van der Waals surface area contributed by atoms with E-state index in [1.54, 1.807) is 0 Å². The fourth-order valence-electron chi connectivity index (χ4n) is 2.42. The molecule has 0 aliphatic heterocycles. The molecule has 0 aromatic heterocycles. The van der Waals surface area contributed by atoms with Crippen LogP contribution in [0.4, 0.5) is 0 Å². The maximum Gasteiger partial charge on any atom is 0.142 e. The maximum atomic E-state index is 8.93. The molecule has 0 N–H and O–H groups in total. The molecule has 3 nitrogen and oxygen atoms in total. The van der Waals surface area contributed by atoms with Crippen LogP contribution in [0.2, 0.25) is 0 Å². The fraction of sp³-hybridized carbons (Fsp3) is 0.500. The van der Waals surface area contributed by atoms with Crippen molar-refractivity contribution in [2.75, 3.05) is 0 Å². The van der Waals surface area contributed by atoms with Crippen molar-refractivity contribution in [1.82, 2.24) is 0 Å². The Hall–Kier alpha value is -1.82. The van der Waals surface area contributed by atoms with Gasteiger partial charge in [-0.2, -0.15) is 5.26 Å². The first-order valence-corrected chi connectivity index (χ1v) is 6.97. The molecule has 1 fully saturated rings. The highest BCUT2D eigenvalue weighted by Gasteiger charge is 2.17. The zero-order chi connectivity index (χ0) is 13.3. The molecule has 0 bridgehead atoms. The second kappa shape index (κ2) is 7.58. The van der Waals surface area contributed by atoms with Crippen molar-refractivity contribution in [2.45, 2.75) is 38.7 Å². The number of rotatable bonds is 4. The molecular formula is C16H20N2O. The molecule has 3 heteroatoms. The Labute approximate surface area is 114 Å². The predicted octanol–water partition coefficient (Wildman–Crippen LogP) is 3.91. The first-order chi connectivity index (χ1) is 9.38. The summed E-state index contributed by atoms with van der Waals surface area (Å²) in [6.45, 7) is 0.519. The third-order valence-electron chi connectivity index (χ3n) is 3.62. The normalized spacial score (nSPS) is 23.7. The van der Waals surface area contributed by atoms with Crippen LogP contribution in [0.25, 0.3) is 0 Å². The summed E-state index contributed by atoms with van der Waals surface area (Å²) in [5, 5.41) is 13.0. The summed E-state index contributed by atoms with van der Waals surface area (Å²) in [6.07, 6.45) is 7.24. The van der Waals surface area contributed by atoms with Crippen LogP contribution in [0.1, 0.15) is 37.7 Å². The first-order valence-electron chi connectivity index (χ1n) is 6.97. The highest BCUT2D eigenvalue weighted by atomic mass is 16.6. The summed E-state index contributed by atoms with van der Waals surface area (Å²) < 4.78 is 0. The Morgan fingerprint density at radius 2 is 2.05 bits per heavy atom. The topological polar surface area (TPSA) is 45.4 Å². The highest BCUT2D eigenvalue weighted by Crippen LogP contribution is 2.25. The Bertz CT molecular complexity index is 436. The van der Waals surface area contributed by atoms with Crippen LogP contribution in [-0.4, -0.2) is 6.21 Å². The van der Waals surface area contributed by atoms with Crippen LogP contribution in [0.15, 0.2) is 35.5 Å². The molecule has 0 radical (unpaired) electrons. The lowest BCUT2D eigenvalue weighted by molar-refractivity contribution is 0.130. The molecule has 19 heavy (non-hydrogen) atoms. The van der Waals surface area contributed by atoms with Gasteiger partial charge in [0.05, 0.1) is 6.07 Å². The highest BCUT2D eigenvalue weighted by molar-refractivity contribution is 5.59. The Morgan fingerprint density at radius 1 is 1.21 bits per heavy atom. The van der Waals surface area contributed by atoms with Crippen molar-refractivity contribution in [3.05, 3.63) is 35.9 Å². The van der Waals surface area contributed by atoms with Crippen molar-refractivity contribution >= 4 is 6.21 Å². The van der Waals surface area contributed by atoms with E-state index in [4.69, 9.17) is 10.1 Å². The minimum absolute atomic E-state index is 0.239. The Morgan fingerprint density at radius 3 is 2.84 bits per heavy atom. The average Bonchev–Trinajstić information content (AvgIpc) is 2.70. The van der Waals surface area contributed by atoms with Gasteiger partial charge < -0.3 is 4.84 Å². The molecule has 0 spiro atoms. The first kappa shape index (κ1) is 13.6. The molecule has 0 heterocycles. The van der Waals surface area contributed by atoms with Gasteiger partial charge in [-0.3, -0.25) is 0 Å². The zero-order valence-electron chi connectivity index (χ0n) is 11.2. The van der Waals surface area contributed by atoms with Gasteiger partial charge in [-0.05, 0) is 37.2 Å². The molecule has 1 aromatic rings. The second-order valence-electron chi connectivity index (χ2n) is 5.11. The van der Waals surface area contributed by atoms with Gasteiger partial charge in [-0.25, -0.2) is 0 Å². The average molecular weight is 256 g/mol. The van der Waals surface area contributed by atoms with Crippen molar-refractivity contribution in [1.29, 1.82) is 5.26 Å². The van der Waals surface area contributed by atoms with Crippen LogP contribution >= 0.6 is 0 Å². The van der Waals surface area contributed by atoms with Gasteiger partial charge in [-0.15, -0.1) is 0 Å². The second-order valence-corrected chi connectivity index (χ2v) is 5.11. The Balaban J connectivity index is 1.72. The van der Waals surface area contributed by atoms with Crippen molar-refractivity contribution in [3.63, 3.8) is 0 Å². The summed E-state index contributed by atoms with van der Waals surface area (Å²) in [7, 11) is 0. The number of nitriles is 1. The number of hydrogen-bond donors (Lipinski definition) is 0. The summed E-state index contributed by atoms with van der Waals surface area (Å²) in [6, 6.07) is 12.4. The maximum absolute atomic E-state index is 8.93. The van der Waals surface area contributed by atoms with Gasteiger partial charge in [0.2, 0.25) is 0 Å². The third kappa shape index (κ3) is 4.75. The summed E-state index contributed by atoms with van der Waals surface area (Å²) in [5.41, 5.74) is 1.13. The van der Waals surface area contributed by atoms with Gasteiger partial charge in [0, 0.05) is 12.1 Å². The van der Waals surface area contributed by atoms with Gasteiger partial charge in [0.15, 0.2) is 0 Å². The standard InChI is InChI=1S/C16H20N2O/c17-11-14-7-4-8-15(10-9-14)12-18-19-13-16-5-2-1-3-6-16/h1-3,5-6,12,14-15H,4,7-10,13H2/b18-12+. The summed E-state index contributed by atoms with van der Waals surface area (Å²) in [4.78, 5) is 5.32. The molecule has 100 valence electrons. The molecule has 2 atom stereocenters. The van der Waals surface area contributed by atoms with Crippen molar-refractivity contribution < 1.29 is 4.84 Å². The molecule has 1 aliphatic carbocycles. The van der Waals surface area contributed by atoms with Crippen molar-refractivity contribution in [2.24, 2.45) is 17.0 Å². The monoisotopic (exact) mass is 256 g/mol. The van der Waals surface area contributed by atoms with E-state index in [9.17, 15) is 0 Å². The molecule has 1 saturated carbocycles. The Kier molecular flexibility index (Phi) is 5.43. The zero-order valence-corrected chi connectivity index (χ0v) is 11.2. The van der Waals surface area contributed by atoms with Gasteiger partial charge in [0.1, 0.15) is 6.61 Å². The molecular weight excluding hydrogens is 236 g/mol. The number of oxime groups is 1. The van der Waals surface area contributed by atoms with Gasteiger partial charge >= 0.3 is 0 Å². The lowest BCUT2D eigenvalue weighted by Crippen LogP contribution is -2.01. The van der Waals surface area contributed by atoms with Crippen LogP contribution in [0, 0.1) is 23.2 Å². The summed E-state index contributed by atoms with van der Waals surface area (Å²) in [5.74, 6) is 0.706. The predicted molar refractivity (Wildman–Crippen MR) is 75.4 cm³/mol. The van der Waals surface area contributed by atoms with Crippen molar-refractivity contribution in [3.8, 4) is 6.07 Å². The van der Waals surface area contributed by atoms with Gasteiger partial charge in [0.25, 0.3) is 0 Å². The van der Waals surface area contributed by atoms with Crippen LogP contribution in [0.5, 0.6) is 0 Å². The summed E-state index contributed by atoms with van der Waals surface area (Å²) >= 11 is 0. The lowest BCUT2D eigenvalue weighted by Gasteiger charge is -2.06. The van der Waals surface area contributed by atoms with Crippen LogP contribution < -0.4 is 0 Å². The van der Waals surface area contributed by atoms with Crippen LogP contribution in [0.3, 0.4) is 0 Å². The number of hydrogen-bond acceptors (Lipinski definition) is 3. The molecule has 2 unspecified atom stereocenters. The molecule has 1 aliphatic rings. The van der Waals surface area contributed by atoms with Crippen LogP contribution in [-0.2, 0) is 11.4 Å². The van der Waals surface area contributed by atoms with E-state index in [2.05, 4.69) is 11.2 Å². The lowest BCUT2D eigenvalue weighted by atomic mass is 10.0. The quantitative estimate of drug-likeness (QED) is 0.466. The minimum Gasteiger partial charge on any atom is -0.391 e. The molecule has 0 saturated heterocycles. The molecule has 2 rings (SSSR count). The smallest absolute Gasteiger partial charge is 0.142 e. The third-order valence-corrected chi connectivity index (χ3v) is 3.62. The largest absolute Gasteiger partial charge is 0.391 e. The minimum atomic E-state index is 0.239. The van der Waals surface area contributed by atoms with E-state index in [0.29, 0.717) is 12.5 Å². The van der Waals surface area contributed by atoms with E-state index >= 15 is 0 Å². The fourth-order valence-corrected chi connectivity index (χ4v) is 2.42.